The van der Waals surface area contributed by atoms with E-state index in [2.05, 4.69) is 52.4 Å². The number of piperidine rings is 1. The lowest BCUT2D eigenvalue weighted by Gasteiger charge is -2.33. The van der Waals surface area contributed by atoms with Gasteiger partial charge in [-0.25, -0.2) is 4.39 Å². The van der Waals surface area contributed by atoms with Crippen molar-refractivity contribution in [1.82, 2.24) is 15.1 Å². The van der Waals surface area contributed by atoms with Crippen LogP contribution in [0.3, 0.4) is 0 Å². The van der Waals surface area contributed by atoms with Crippen molar-refractivity contribution in [3.05, 3.63) is 77.9 Å². The van der Waals surface area contributed by atoms with Crippen LogP contribution in [-0.4, -0.2) is 34.7 Å². The number of nitrogens with one attached hydrogen (secondary N) is 1. The van der Waals surface area contributed by atoms with Gasteiger partial charge in [0.15, 0.2) is 0 Å². The van der Waals surface area contributed by atoms with Crippen LogP contribution in [-0.2, 0) is 0 Å². The number of nitrogens with zero attached hydrogens (tertiary/aromatic N) is 2. The molecule has 0 bridgehead atoms. The van der Waals surface area contributed by atoms with E-state index in [1.165, 1.54) is 11.6 Å². The number of halogens is 1. The van der Waals surface area contributed by atoms with Gasteiger partial charge in [0, 0.05) is 23.7 Å². The van der Waals surface area contributed by atoms with Gasteiger partial charge in [-0.15, -0.1) is 0 Å². The molecular weight excluding hydrogens is 337 g/mol. The predicted octanol–water partition coefficient (Wildman–Crippen LogP) is 5.20. The summed E-state index contributed by atoms with van der Waals surface area (Å²) >= 11 is 0. The van der Waals surface area contributed by atoms with Crippen molar-refractivity contribution >= 4 is 0 Å². The van der Waals surface area contributed by atoms with E-state index in [1.807, 2.05) is 12.3 Å². The lowest BCUT2D eigenvalue weighted by atomic mass is 9.89. The van der Waals surface area contributed by atoms with Crippen LogP contribution in [0.15, 0.2) is 60.8 Å². The fourth-order valence-electron chi connectivity index (χ4n) is 4.17. The third-order valence-corrected chi connectivity index (χ3v) is 5.70. The maximum absolute atomic E-state index is 13.6. The summed E-state index contributed by atoms with van der Waals surface area (Å²) in [7, 11) is 0. The minimum absolute atomic E-state index is 0.204. The highest BCUT2D eigenvalue weighted by atomic mass is 19.1. The molecule has 1 aliphatic heterocycles. The van der Waals surface area contributed by atoms with Crippen molar-refractivity contribution < 1.29 is 4.39 Å². The van der Waals surface area contributed by atoms with Crippen LogP contribution in [0.4, 0.5) is 4.39 Å². The molecule has 2 aromatic carbocycles. The van der Waals surface area contributed by atoms with Crippen LogP contribution < -0.4 is 0 Å². The van der Waals surface area contributed by atoms with Gasteiger partial charge in [-0.3, -0.25) is 5.10 Å². The number of hydrogen-bond donors (Lipinski definition) is 1. The van der Waals surface area contributed by atoms with E-state index < -0.39 is 0 Å². The minimum atomic E-state index is -0.204. The number of hydrogen-bond acceptors (Lipinski definition) is 2. The van der Waals surface area contributed by atoms with E-state index in [0.29, 0.717) is 11.8 Å². The number of aromatic amines is 1. The van der Waals surface area contributed by atoms with Crippen molar-refractivity contribution in [2.24, 2.45) is 0 Å². The second kappa shape index (κ2) is 8.05. The molecule has 3 aromatic rings. The van der Waals surface area contributed by atoms with E-state index >= 15 is 0 Å². The van der Waals surface area contributed by atoms with Gasteiger partial charge in [0.1, 0.15) is 5.82 Å². The van der Waals surface area contributed by atoms with Crippen LogP contribution >= 0.6 is 0 Å². The first-order valence-electron chi connectivity index (χ1n) is 9.77. The molecule has 0 spiro atoms. The molecule has 27 heavy (non-hydrogen) atoms. The Balaban J connectivity index is 1.40. The smallest absolute Gasteiger partial charge is 0.123 e. The van der Waals surface area contributed by atoms with Crippen LogP contribution in [0.2, 0.25) is 0 Å². The standard InChI is InChI=1S/C23H26FN3/c1-17(18-6-3-2-4-7-18)16-27-12-10-19(11-13-27)23-22(15-25-26-23)20-8-5-9-21(24)14-20/h2-9,14-15,17,19H,10-13,16H2,1H3,(H,25,26). The van der Waals surface area contributed by atoms with Gasteiger partial charge >= 0.3 is 0 Å². The summed E-state index contributed by atoms with van der Waals surface area (Å²) in [6.45, 7) is 5.57. The first kappa shape index (κ1) is 17.9. The molecular formula is C23H26FN3. The molecule has 0 radical (unpaired) electrons. The third-order valence-electron chi connectivity index (χ3n) is 5.70. The van der Waals surface area contributed by atoms with Crippen molar-refractivity contribution in [3.63, 3.8) is 0 Å². The molecule has 2 heterocycles. The Morgan fingerprint density at radius 2 is 1.89 bits per heavy atom. The average molecular weight is 363 g/mol. The lowest BCUT2D eigenvalue weighted by Crippen LogP contribution is -2.35. The minimum Gasteiger partial charge on any atom is -0.303 e. The second-order valence-corrected chi connectivity index (χ2v) is 7.59. The Morgan fingerprint density at radius 3 is 2.63 bits per heavy atom. The number of rotatable bonds is 5. The normalized spacial score (nSPS) is 17.1. The highest BCUT2D eigenvalue weighted by molar-refractivity contribution is 5.65. The molecule has 3 nitrogen and oxygen atoms in total. The Morgan fingerprint density at radius 1 is 1.11 bits per heavy atom. The predicted molar refractivity (Wildman–Crippen MR) is 107 cm³/mol. The molecule has 1 fully saturated rings. The van der Waals surface area contributed by atoms with Crippen LogP contribution in [0.1, 0.15) is 42.9 Å². The highest BCUT2D eigenvalue weighted by Gasteiger charge is 2.25. The Hall–Kier alpha value is -2.46. The van der Waals surface area contributed by atoms with Gasteiger partial charge in [0.2, 0.25) is 0 Å². The van der Waals surface area contributed by atoms with Crippen LogP contribution in [0.25, 0.3) is 11.1 Å². The summed E-state index contributed by atoms with van der Waals surface area (Å²) in [5.41, 5.74) is 4.49. The van der Waals surface area contributed by atoms with Crippen molar-refractivity contribution in [3.8, 4) is 11.1 Å². The molecule has 1 saturated heterocycles. The largest absolute Gasteiger partial charge is 0.303 e. The monoisotopic (exact) mass is 363 g/mol. The summed E-state index contributed by atoms with van der Waals surface area (Å²) in [6.07, 6.45) is 4.03. The van der Waals surface area contributed by atoms with Gasteiger partial charge in [-0.1, -0.05) is 49.4 Å². The van der Waals surface area contributed by atoms with Gasteiger partial charge in [0.05, 0.1) is 6.20 Å². The molecule has 0 saturated carbocycles. The number of likely N-dealkylation sites (tertiary alicyclic amines) is 1. The first-order valence-corrected chi connectivity index (χ1v) is 9.77. The Bertz CT molecular complexity index is 866. The van der Waals surface area contributed by atoms with Crippen molar-refractivity contribution in [2.75, 3.05) is 19.6 Å². The van der Waals surface area contributed by atoms with Gasteiger partial charge in [-0.05, 0) is 55.1 Å². The Kier molecular flexibility index (Phi) is 5.35. The number of H-pyrrole nitrogens is 1. The quantitative estimate of drug-likeness (QED) is 0.676. The van der Waals surface area contributed by atoms with E-state index in [9.17, 15) is 4.39 Å². The molecule has 1 N–H and O–H groups in total. The summed E-state index contributed by atoms with van der Waals surface area (Å²) in [6, 6.07) is 17.5. The molecule has 1 unspecified atom stereocenters. The summed E-state index contributed by atoms with van der Waals surface area (Å²) in [4.78, 5) is 2.56. The molecule has 4 rings (SSSR count). The number of aromatic nitrogens is 2. The van der Waals surface area contributed by atoms with Gasteiger partial charge in [-0.2, -0.15) is 5.10 Å². The molecule has 1 aromatic heterocycles. The third kappa shape index (κ3) is 4.11. The van der Waals surface area contributed by atoms with E-state index in [4.69, 9.17) is 0 Å². The Labute approximate surface area is 160 Å². The number of benzene rings is 2. The van der Waals surface area contributed by atoms with E-state index in [1.54, 1.807) is 12.1 Å². The van der Waals surface area contributed by atoms with Crippen molar-refractivity contribution in [1.29, 1.82) is 0 Å². The van der Waals surface area contributed by atoms with E-state index in [0.717, 1.165) is 49.3 Å². The maximum Gasteiger partial charge on any atom is 0.123 e. The van der Waals surface area contributed by atoms with Gasteiger partial charge < -0.3 is 4.90 Å². The van der Waals surface area contributed by atoms with Crippen molar-refractivity contribution in [2.45, 2.75) is 31.6 Å². The zero-order chi connectivity index (χ0) is 18.6. The zero-order valence-corrected chi connectivity index (χ0v) is 15.7. The first-order chi connectivity index (χ1) is 13.2. The molecule has 4 heteroatoms. The summed E-state index contributed by atoms with van der Waals surface area (Å²) < 4.78 is 13.6. The summed E-state index contributed by atoms with van der Waals surface area (Å²) in [5, 5.41) is 7.43. The molecule has 140 valence electrons. The molecule has 1 aliphatic rings. The lowest BCUT2D eigenvalue weighted by molar-refractivity contribution is 0.202. The topological polar surface area (TPSA) is 31.9 Å². The van der Waals surface area contributed by atoms with E-state index in [-0.39, 0.29) is 5.82 Å². The SMILES string of the molecule is CC(CN1CCC(c2[nH]ncc2-c2cccc(F)c2)CC1)c1ccccc1. The maximum atomic E-state index is 13.6. The highest BCUT2D eigenvalue weighted by Crippen LogP contribution is 2.34. The molecule has 1 atom stereocenters. The van der Waals surface area contributed by atoms with Gasteiger partial charge in [0.25, 0.3) is 0 Å². The second-order valence-electron chi connectivity index (χ2n) is 7.59. The molecule has 0 amide bonds. The fraction of sp³-hybridized carbons (Fsp3) is 0.348. The average Bonchev–Trinajstić information content (AvgIpc) is 3.19. The molecule has 0 aliphatic carbocycles. The summed E-state index contributed by atoms with van der Waals surface area (Å²) in [5.74, 6) is 0.788. The van der Waals surface area contributed by atoms with Crippen LogP contribution in [0, 0.1) is 5.82 Å². The zero-order valence-electron chi connectivity index (χ0n) is 15.7. The van der Waals surface area contributed by atoms with Crippen LogP contribution in [0.5, 0.6) is 0 Å². The fourth-order valence-corrected chi connectivity index (χ4v) is 4.17.